The number of unbranched alkanes of at least 4 members (excludes halogenated alkanes) is 1. The van der Waals surface area contributed by atoms with Crippen molar-refractivity contribution in [2.45, 2.75) is 19.4 Å². The summed E-state index contributed by atoms with van der Waals surface area (Å²) in [5.41, 5.74) is 4.56. The van der Waals surface area contributed by atoms with Gasteiger partial charge < -0.3 is 9.67 Å². The van der Waals surface area contributed by atoms with Crippen molar-refractivity contribution in [1.82, 2.24) is 14.5 Å². The Hall–Kier alpha value is -2.69. The first-order valence-electron chi connectivity index (χ1n) is 9.05. The maximum Gasteiger partial charge on any atom is 0.0979 e. The number of fused-ring (bicyclic) bond motifs is 1. The van der Waals surface area contributed by atoms with Gasteiger partial charge in [-0.1, -0.05) is 60.1 Å². The van der Waals surface area contributed by atoms with Crippen LogP contribution in [0.15, 0.2) is 67.0 Å². The number of hydrogen-bond acceptors (Lipinski definition) is 3. The smallest absolute Gasteiger partial charge is 0.0979 e. The van der Waals surface area contributed by atoms with Crippen LogP contribution in [0.2, 0.25) is 5.02 Å². The van der Waals surface area contributed by atoms with Gasteiger partial charge in [-0.05, 0) is 25.0 Å². The number of hydrogen-bond donors (Lipinski definition) is 1. The van der Waals surface area contributed by atoms with Crippen LogP contribution in [0.1, 0.15) is 12.8 Å². The third-order valence-electron chi connectivity index (χ3n) is 4.61. The molecular formula is C22H20ClN3O. The quantitative estimate of drug-likeness (QED) is 0.470. The number of aryl methyl sites for hydroxylation is 1. The zero-order valence-corrected chi connectivity index (χ0v) is 15.6. The second-order valence-electron chi connectivity index (χ2n) is 6.44. The molecule has 5 heteroatoms. The molecule has 0 aliphatic rings. The van der Waals surface area contributed by atoms with Gasteiger partial charge >= 0.3 is 0 Å². The van der Waals surface area contributed by atoms with Gasteiger partial charge in [-0.3, -0.25) is 0 Å². The summed E-state index contributed by atoms with van der Waals surface area (Å²) in [5, 5.41) is 10.8. The minimum atomic E-state index is 0.194. The van der Waals surface area contributed by atoms with E-state index in [0.29, 0.717) is 5.02 Å². The van der Waals surface area contributed by atoms with E-state index in [-0.39, 0.29) is 6.61 Å². The van der Waals surface area contributed by atoms with Crippen LogP contribution in [-0.4, -0.2) is 26.2 Å². The highest BCUT2D eigenvalue weighted by Crippen LogP contribution is 2.32. The van der Waals surface area contributed by atoms with Crippen LogP contribution in [0.5, 0.6) is 0 Å². The Morgan fingerprint density at radius 3 is 2.59 bits per heavy atom. The number of aliphatic hydroxyl groups is 1. The van der Waals surface area contributed by atoms with E-state index in [1.165, 1.54) is 0 Å². The topological polar surface area (TPSA) is 50.9 Å². The summed E-state index contributed by atoms with van der Waals surface area (Å²) in [6.45, 7) is 0.970. The van der Waals surface area contributed by atoms with Crippen LogP contribution >= 0.6 is 11.6 Å². The molecule has 0 amide bonds. The predicted molar refractivity (Wildman–Crippen MR) is 110 cm³/mol. The van der Waals surface area contributed by atoms with Crippen molar-refractivity contribution in [2.75, 3.05) is 6.61 Å². The largest absolute Gasteiger partial charge is 0.396 e. The highest BCUT2D eigenvalue weighted by Gasteiger charge is 2.17. The Balaban J connectivity index is 1.86. The molecule has 0 atom stereocenters. The number of aromatic nitrogens is 3. The van der Waals surface area contributed by atoms with Crippen LogP contribution in [0.25, 0.3) is 33.5 Å². The Morgan fingerprint density at radius 2 is 1.78 bits per heavy atom. The van der Waals surface area contributed by atoms with E-state index in [2.05, 4.69) is 21.7 Å². The first-order chi connectivity index (χ1) is 13.3. The van der Waals surface area contributed by atoms with Crippen LogP contribution in [-0.2, 0) is 6.54 Å². The standard InChI is InChI=1S/C22H20ClN3O/c23-18-10-6-9-17-11-12-19(25-20(17)18)22-21(16-7-2-1-3-8-16)24-15-26(22)13-4-5-14-27/h1-3,6-12,15,27H,4-5,13-14H2. The number of benzene rings is 2. The fourth-order valence-electron chi connectivity index (χ4n) is 3.26. The lowest BCUT2D eigenvalue weighted by molar-refractivity contribution is 0.281. The lowest BCUT2D eigenvalue weighted by atomic mass is 10.1. The Kier molecular flexibility index (Phi) is 5.19. The van der Waals surface area contributed by atoms with Crippen molar-refractivity contribution in [2.24, 2.45) is 0 Å². The van der Waals surface area contributed by atoms with E-state index in [1.54, 1.807) is 0 Å². The SMILES string of the molecule is OCCCCn1cnc(-c2ccccc2)c1-c1ccc2cccc(Cl)c2n1. The Morgan fingerprint density at radius 1 is 0.926 bits per heavy atom. The van der Waals surface area contributed by atoms with E-state index in [1.807, 2.05) is 54.9 Å². The minimum absolute atomic E-state index is 0.194. The lowest BCUT2D eigenvalue weighted by Crippen LogP contribution is -2.02. The van der Waals surface area contributed by atoms with Crippen molar-refractivity contribution in [3.05, 3.63) is 72.0 Å². The molecule has 0 fully saturated rings. The summed E-state index contributed by atoms with van der Waals surface area (Å²) in [5.74, 6) is 0. The van der Waals surface area contributed by atoms with Gasteiger partial charge in [0.25, 0.3) is 0 Å². The summed E-state index contributed by atoms with van der Waals surface area (Å²) in [6.07, 6.45) is 3.49. The number of aliphatic hydroxyl groups excluding tert-OH is 1. The van der Waals surface area contributed by atoms with Gasteiger partial charge in [0, 0.05) is 24.1 Å². The second-order valence-corrected chi connectivity index (χ2v) is 6.85. The maximum atomic E-state index is 9.11. The number of rotatable bonds is 6. The molecule has 2 aromatic heterocycles. The maximum absolute atomic E-state index is 9.11. The molecule has 0 spiro atoms. The van der Waals surface area contributed by atoms with Gasteiger partial charge in [-0.15, -0.1) is 0 Å². The van der Waals surface area contributed by atoms with Gasteiger partial charge in [0.15, 0.2) is 0 Å². The molecule has 0 radical (unpaired) electrons. The van der Waals surface area contributed by atoms with E-state index in [9.17, 15) is 0 Å². The molecule has 27 heavy (non-hydrogen) atoms. The van der Waals surface area contributed by atoms with Crippen molar-refractivity contribution in [3.63, 3.8) is 0 Å². The zero-order valence-electron chi connectivity index (χ0n) is 14.8. The summed E-state index contributed by atoms with van der Waals surface area (Å²) < 4.78 is 2.11. The minimum Gasteiger partial charge on any atom is -0.396 e. The molecular weight excluding hydrogens is 358 g/mol. The van der Waals surface area contributed by atoms with Crippen LogP contribution in [0.3, 0.4) is 0 Å². The van der Waals surface area contributed by atoms with E-state index in [0.717, 1.165) is 52.9 Å². The number of pyridine rings is 1. The fraction of sp³-hybridized carbons (Fsp3) is 0.182. The van der Waals surface area contributed by atoms with Gasteiger partial charge in [0.2, 0.25) is 0 Å². The number of nitrogens with zero attached hydrogens (tertiary/aromatic N) is 3. The molecule has 1 N–H and O–H groups in total. The molecule has 0 saturated heterocycles. The van der Waals surface area contributed by atoms with Crippen LogP contribution < -0.4 is 0 Å². The first kappa shape index (κ1) is 17.7. The average Bonchev–Trinajstić information content (AvgIpc) is 3.13. The molecule has 0 aliphatic carbocycles. The van der Waals surface area contributed by atoms with Crippen LogP contribution in [0, 0.1) is 0 Å². The summed E-state index contributed by atoms with van der Waals surface area (Å²) in [4.78, 5) is 9.52. The Bertz CT molecular complexity index is 1060. The monoisotopic (exact) mass is 377 g/mol. The molecule has 0 saturated carbocycles. The fourth-order valence-corrected chi connectivity index (χ4v) is 3.49. The van der Waals surface area contributed by atoms with Crippen molar-refractivity contribution >= 4 is 22.5 Å². The van der Waals surface area contributed by atoms with Gasteiger partial charge in [-0.2, -0.15) is 0 Å². The molecule has 2 aromatic carbocycles. The third kappa shape index (κ3) is 3.59. The van der Waals surface area contributed by atoms with E-state index >= 15 is 0 Å². The van der Waals surface area contributed by atoms with Crippen LogP contribution in [0.4, 0.5) is 0 Å². The van der Waals surface area contributed by atoms with Gasteiger partial charge in [-0.25, -0.2) is 9.97 Å². The molecule has 0 bridgehead atoms. The molecule has 2 heterocycles. The molecule has 0 aliphatic heterocycles. The third-order valence-corrected chi connectivity index (χ3v) is 4.91. The highest BCUT2D eigenvalue weighted by molar-refractivity contribution is 6.35. The molecule has 4 nitrogen and oxygen atoms in total. The van der Waals surface area contributed by atoms with E-state index < -0.39 is 0 Å². The lowest BCUT2D eigenvalue weighted by Gasteiger charge is -2.11. The second kappa shape index (κ2) is 7.91. The number of halogens is 1. The summed E-state index contributed by atoms with van der Waals surface area (Å²) in [6, 6.07) is 20.0. The van der Waals surface area contributed by atoms with Gasteiger partial charge in [0.1, 0.15) is 0 Å². The number of imidazole rings is 1. The zero-order chi connectivity index (χ0) is 18.6. The first-order valence-corrected chi connectivity index (χ1v) is 9.43. The summed E-state index contributed by atoms with van der Waals surface area (Å²) >= 11 is 6.38. The molecule has 4 rings (SSSR count). The number of para-hydroxylation sites is 1. The van der Waals surface area contributed by atoms with Gasteiger partial charge in [0.05, 0.1) is 33.9 Å². The normalized spacial score (nSPS) is 11.2. The molecule has 0 unspecified atom stereocenters. The Labute approximate surface area is 163 Å². The van der Waals surface area contributed by atoms with Crippen molar-refractivity contribution in [3.8, 4) is 22.6 Å². The highest BCUT2D eigenvalue weighted by atomic mass is 35.5. The molecule has 136 valence electrons. The van der Waals surface area contributed by atoms with Crippen molar-refractivity contribution in [1.29, 1.82) is 0 Å². The predicted octanol–water partition coefficient (Wildman–Crippen LogP) is 5.19. The summed E-state index contributed by atoms with van der Waals surface area (Å²) in [7, 11) is 0. The van der Waals surface area contributed by atoms with Crippen molar-refractivity contribution < 1.29 is 5.11 Å². The average molecular weight is 378 g/mol. The van der Waals surface area contributed by atoms with E-state index in [4.69, 9.17) is 21.7 Å². The molecule has 4 aromatic rings.